The maximum Gasteiger partial charge on any atom is 0.226 e. The van der Waals surface area contributed by atoms with Crippen molar-refractivity contribution in [1.29, 1.82) is 0 Å². The lowest BCUT2D eigenvalue weighted by molar-refractivity contribution is -0.118. The van der Waals surface area contributed by atoms with Crippen molar-refractivity contribution in [3.8, 4) is 33.8 Å². The van der Waals surface area contributed by atoms with Crippen LogP contribution in [0, 0.1) is 11.7 Å². The fourth-order valence-corrected chi connectivity index (χ4v) is 5.14. The van der Waals surface area contributed by atoms with Crippen LogP contribution >= 0.6 is 0 Å². The van der Waals surface area contributed by atoms with Gasteiger partial charge in [-0.1, -0.05) is 13.8 Å². The molecule has 43 heavy (non-hydrogen) atoms. The zero-order valence-electron chi connectivity index (χ0n) is 23.4. The molecule has 0 atom stereocenters. The van der Waals surface area contributed by atoms with Gasteiger partial charge in [0.1, 0.15) is 17.0 Å². The number of carbonyl (C=O) groups excluding carboxylic acids is 1. The van der Waals surface area contributed by atoms with Gasteiger partial charge in [0, 0.05) is 41.4 Å². The lowest BCUT2D eigenvalue weighted by Crippen LogP contribution is -2.21. The van der Waals surface area contributed by atoms with E-state index in [1.165, 1.54) is 12.1 Å². The normalized spacial score (nSPS) is 11.9. The number of anilines is 1. The molecule has 0 fully saturated rings. The Morgan fingerprint density at radius 1 is 0.977 bits per heavy atom. The molecule has 11 nitrogen and oxygen atoms in total. The molecule has 13 heteroatoms. The van der Waals surface area contributed by atoms with E-state index in [9.17, 15) is 17.6 Å². The molecule has 0 radical (unpaired) electrons. The molecular formula is C30H27FN8O3S. The summed E-state index contributed by atoms with van der Waals surface area (Å²) in [5.41, 5.74) is 6.95. The number of aromatic nitrogens is 6. The summed E-state index contributed by atoms with van der Waals surface area (Å²) in [5, 5.41) is 11.2. The van der Waals surface area contributed by atoms with Gasteiger partial charge in [0.25, 0.3) is 0 Å². The van der Waals surface area contributed by atoms with Crippen LogP contribution in [-0.2, 0) is 21.4 Å². The highest BCUT2D eigenvalue weighted by Crippen LogP contribution is 2.34. The molecule has 1 aromatic carbocycles. The van der Waals surface area contributed by atoms with Crippen LogP contribution < -0.4 is 10.0 Å². The highest BCUT2D eigenvalue weighted by Gasteiger charge is 2.17. The number of aromatic amines is 2. The Bertz CT molecular complexity index is 2120. The zero-order chi connectivity index (χ0) is 30.3. The highest BCUT2D eigenvalue weighted by atomic mass is 32.2. The molecule has 1 amide bonds. The first kappa shape index (κ1) is 28.1. The number of benzene rings is 1. The second-order valence-electron chi connectivity index (χ2n) is 10.5. The Labute approximate surface area is 246 Å². The van der Waals surface area contributed by atoms with E-state index in [1.807, 2.05) is 38.1 Å². The van der Waals surface area contributed by atoms with Gasteiger partial charge in [-0.05, 0) is 53.6 Å². The largest absolute Gasteiger partial charge is 0.352 e. The molecule has 0 unspecified atom stereocenters. The minimum Gasteiger partial charge on any atom is -0.352 e. The number of H-pyrrole nitrogens is 2. The van der Waals surface area contributed by atoms with Crippen molar-refractivity contribution in [2.45, 2.75) is 20.4 Å². The van der Waals surface area contributed by atoms with Gasteiger partial charge in [0.05, 0.1) is 46.8 Å². The number of fused-ring (bicyclic) bond motifs is 2. The predicted octanol–water partition coefficient (Wildman–Crippen LogP) is 5.01. The fraction of sp³-hybridized carbons (Fsp3) is 0.167. The second kappa shape index (κ2) is 11.0. The van der Waals surface area contributed by atoms with E-state index in [0.717, 1.165) is 22.7 Å². The first-order valence-corrected chi connectivity index (χ1v) is 15.3. The minimum atomic E-state index is -3.44. The lowest BCUT2D eigenvalue weighted by Gasteiger charge is -2.08. The summed E-state index contributed by atoms with van der Waals surface area (Å²) >= 11 is 0. The molecule has 5 heterocycles. The SMILES string of the molecule is CC(C)C(=O)Nc1cncc(-c2ccc3[nH]nc(-c4cc5c(-c6cc(F)cc(CNS(C)(=O)=O)c6)cncc5[nH]4)c3n2)c1. The molecule has 0 saturated carbocycles. The van der Waals surface area contributed by atoms with Gasteiger partial charge in [0.2, 0.25) is 15.9 Å². The molecule has 0 spiro atoms. The summed E-state index contributed by atoms with van der Waals surface area (Å²) in [5.74, 6) is -0.765. The van der Waals surface area contributed by atoms with Crippen LogP contribution in [0.2, 0.25) is 0 Å². The van der Waals surface area contributed by atoms with Crippen LogP contribution in [-0.4, -0.2) is 50.7 Å². The smallest absolute Gasteiger partial charge is 0.226 e. The number of sulfonamides is 1. The summed E-state index contributed by atoms with van der Waals surface area (Å²) in [6, 6.07) is 11.9. The van der Waals surface area contributed by atoms with Crippen LogP contribution in [0.15, 0.2) is 67.3 Å². The van der Waals surface area contributed by atoms with E-state index < -0.39 is 15.8 Å². The summed E-state index contributed by atoms with van der Waals surface area (Å²) in [6.07, 6.45) is 7.63. The van der Waals surface area contributed by atoms with Gasteiger partial charge >= 0.3 is 0 Å². The number of hydrogen-bond acceptors (Lipinski definition) is 7. The maximum atomic E-state index is 14.6. The van der Waals surface area contributed by atoms with Crippen LogP contribution in [0.3, 0.4) is 0 Å². The fourth-order valence-electron chi connectivity index (χ4n) is 4.71. The van der Waals surface area contributed by atoms with Gasteiger partial charge in [-0.25, -0.2) is 22.5 Å². The van der Waals surface area contributed by atoms with Gasteiger partial charge in [-0.3, -0.25) is 19.9 Å². The van der Waals surface area contributed by atoms with Crippen molar-refractivity contribution < 1.29 is 17.6 Å². The van der Waals surface area contributed by atoms with Gasteiger partial charge < -0.3 is 10.3 Å². The average molecular weight is 599 g/mol. The third-order valence-electron chi connectivity index (χ3n) is 6.84. The number of pyridine rings is 3. The number of nitrogens with one attached hydrogen (secondary N) is 4. The lowest BCUT2D eigenvalue weighted by atomic mass is 10.0. The molecular weight excluding hydrogens is 571 g/mol. The molecule has 0 saturated heterocycles. The van der Waals surface area contributed by atoms with Crippen LogP contribution in [0.4, 0.5) is 10.1 Å². The van der Waals surface area contributed by atoms with E-state index in [2.05, 4.69) is 35.2 Å². The Hall–Kier alpha value is -5.01. The van der Waals surface area contributed by atoms with Crippen LogP contribution in [0.5, 0.6) is 0 Å². The van der Waals surface area contributed by atoms with E-state index in [-0.39, 0.29) is 18.4 Å². The number of carbonyl (C=O) groups is 1. The predicted molar refractivity (Wildman–Crippen MR) is 163 cm³/mol. The van der Waals surface area contributed by atoms with Crippen molar-refractivity contribution in [3.05, 3.63) is 78.6 Å². The van der Waals surface area contributed by atoms with Crippen molar-refractivity contribution >= 4 is 43.6 Å². The quantitative estimate of drug-likeness (QED) is 0.192. The molecule has 0 aliphatic rings. The summed E-state index contributed by atoms with van der Waals surface area (Å²) in [7, 11) is -3.44. The monoisotopic (exact) mass is 598 g/mol. The Kier molecular flexibility index (Phi) is 7.20. The molecule has 6 aromatic rings. The highest BCUT2D eigenvalue weighted by molar-refractivity contribution is 7.88. The standard InChI is InChI=1S/C30H27FN8O3S/c1-16(2)30(40)35-21-9-19(12-32-13-21)24-4-5-25-28(37-24)29(39-38-25)26-10-22-23(14-33-15-27(22)36-26)18-6-17(7-20(31)8-18)11-34-43(3,41)42/h4-10,12-16,34,36H,11H2,1-3H3,(H,35,40)(H,38,39). The van der Waals surface area contributed by atoms with Gasteiger partial charge in [-0.2, -0.15) is 5.10 Å². The van der Waals surface area contributed by atoms with Gasteiger partial charge in [-0.15, -0.1) is 0 Å². The number of amides is 1. The number of rotatable bonds is 8. The summed E-state index contributed by atoms with van der Waals surface area (Å²) < 4.78 is 40.1. The first-order valence-electron chi connectivity index (χ1n) is 13.4. The van der Waals surface area contributed by atoms with E-state index in [0.29, 0.717) is 50.5 Å². The number of nitrogens with zero attached hydrogens (tertiary/aromatic N) is 4. The molecule has 0 bridgehead atoms. The minimum absolute atomic E-state index is 0.0405. The van der Waals surface area contributed by atoms with Crippen molar-refractivity contribution in [2.24, 2.45) is 5.92 Å². The molecule has 0 aliphatic heterocycles. The number of hydrogen-bond donors (Lipinski definition) is 4. The van der Waals surface area contributed by atoms with E-state index in [1.54, 1.807) is 30.9 Å². The second-order valence-corrected chi connectivity index (χ2v) is 12.4. The average Bonchev–Trinajstić information content (AvgIpc) is 3.59. The molecule has 6 rings (SSSR count). The van der Waals surface area contributed by atoms with Crippen LogP contribution in [0.1, 0.15) is 19.4 Å². The third-order valence-corrected chi connectivity index (χ3v) is 7.51. The Morgan fingerprint density at radius 3 is 2.58 bits per heavy atom. The maximum absolute atomic E-state index is 14.6. The third kappa shape index (κ3) is 5.98. The Balaban J connectivity index is 1.38. The van der Waals surface area contributed by atoms with Crippen LogP contribution in [0.25, 0.3) is 55.7 Å². The van der Waals surface area contributed by atoms with Crippen molar-refractivity contribution in [3.63, 3.8) is 0 Å². The zero-order valence-corrected chi connectivity index (χ0v) is 24.3. The number of halogens is 1. The van der Waals surface area contributed by atoms with Crippen molar-refractivity contribution in [1.82, 2.24) is 34.9 Å². The summed E-state index contributed by atoms with van der Waals surface area (Å²) in [4.78, 5) is 29.0. The molecule has 0 aliphatic carbocycles. The molecule has 5 aromatic heterocycles. The molecule has 218 valence electrons. The Morgan fingerprint density at radius 2 is 1.79 bits per heavy atom. The van der Waals surface area contributed by atoms with Gasteiger partial charge in [0.15, 0.2) is 0 Å². The summed E-state index contributed by atoms with van der Waals surface area (Å²) in [6.45, 7) is 3.60. The topological polar surface area (TPSA) is 158 Å². The van der Waals surface area contributed by atoms with Crippen molar-refractivity contribution in [2.75, 3.05) is 11.6 Å². The molecule has 4 N–H and O–H groups in total. The van der Waals surface area contributed by atoms with E-state index >= 15 is 0 Å². The first-order chi connectivity index (χ1) is 20.5. The van der Waals surface area contributed by atoms with E-state index in [4.69, 9.17) is 4.98 Å².